The van der Waals surface area contributed by atoms with Crippen LogP contribution in [0, 0.1) is 19.3 Å². The van der Waals surface area contributed by atoms with Crippen LogP contribution in [0.2, 0.25) is 0 Å². The monoisotopic (exact) mass is 463 g/mol. The van der Waals surface area contributed by atoms with Gasteiger partial charge < -0.3 is 16.6 Å². The van der Waals surface area contributed by atoms with Gasteiger partial charge in [0.15, 0.2) is 0 Å². The molecule has 9 heteroatoms. The van der Waals surface area contributed by atoms with E-state index >= 15 is 0 Å². The second kappa shape index (κ2) is 8.78. The molecule has 0 heterocycles. The van der Waals surface area contributed by atoms with E-state index in [-0.39, 0.29) is 34.4 Å². The van der Waals surface area contributed by atoms with Crippen LogP contribution in [-0.4, -0.2) is 25.4 Å². The summed E-state index contributed by atoms with van der Waals surface area (Å²) < 4.78 is 25.4. The van der Waals surface area contributed by atoms with Crippen molar-refractivity contribution in [2.45, 2.75) is 18.2 Å². The van der Waals surface area contributed by atoms with E-state index in [9.17, 15) is 23.1 Å². The second-order valence-corrected chi connectivity index (χ2v) is 8.82. The van der Waals surface area contributed by atoms with Crippen LogP contribution in [0.25, 0.3) is 22.3 Å². The van der Waals surface area contributed by atoms with Crippen molar-refractivity contribution < 1.29 is 23.1 Å². The van der Waals surface area contributed by atoms with Crippen LogP contribution in [0.1, 0.15) is 31.8 Å². The summed E-state index contributed by atoms with van der Waals surface area (Å²) in [5.74, 6) is 0.167. The van der Waals surface area contributed by atoms with Gasteiger partial charge >= 0.3 is 5.97 Å². The van der Waals surface area contributed by atoms with Gasteiger partial charge in [-0.05, 0) is 41.3 Å². The smallest absolute Gasteiger partial charge is 0.335 e. The molecule has 0 aromatic heterocycles. The lowest BCUT2D eigenvalue weighted by Crippen LogP contribution is -2.24. The topological polar surface area (TPSA) is 167 Å². The van der Waals surface area contributed by atoms with E-state index in [0.717, 1.165) is 0 Å². The van der Waals surface area contributed by atoms with Crippen LogP contribution < -0.4 is 16.6 Å². The number of carbonyl (C=O) groups is 2. The summed E-state index contributed by atoms with van der Waals surface area (Å²) in [4.78, 5) is 23.6. The third kappa shape index (κ3) is 4.30. The highest BCUT2D eigenvalue weighted by Crippen LogP contribution is 2.42. The zero-order valence-corrected chi connectivity index (χ0v) is 18.4. The van der Waals surface area contributed by atoms with E-state index in [2.05, 4.69) is 5.92 Å². The van der Waals surface area contributed by atoms with E-state index < -0.39 is 32.4 Å². The zero-order valence-electron chi connectivity index (χ0n) is 17.6. The molecule has 168 valence electrons. The van der Waals surface area contributed by atoms with Crippen LogP contribution in [0.5, 0.6) is 0 Å². The number of nitrogens with two attached hydrogens (primary N) is 3. The molecule has 33 heavy (non-hydrogen) atoms. The molecular formula is C24H21N3O5S. The first-order valence-electron chi connectivity index (χ1n) is 9.63. The van der Waals surface area contributed by atoms with Gasteiger partial charge in [0.2, 0.25) is 10.0 Å². The number of hydrogen-bond donors (Lipinski definition) is 4. The van der Waals surface area contributed by atoms with Crippen molar-refractivity contribution >= 4 is 27.6 Å². The maximum Gasteiger partial charge on any atom is 0.335 e. The Labute approximate surface area is 191 Å². The third-order valence-electron chi connectivity index (χ3n) is 5.28. The Bertz CT molecular complexity index is 1440. The normalized spacial score (nSPS) is 11.1. The summed E-state index contributed by atoms with van der Waals surface area (Å²) in [5.41, 5.74) is 13.0. The Morgan fingerprint density at radius 1 is 1.09 bits per heavy atom. The summed E-state index contributed by atoms with van der Waals surface area (Å²) in [6.45, 7) is 1.52. The minimum atomic E-state index is -4.54. The fourth-order valence-electron chi connectivity index (χ4n) is 3.89. The number of carboxylic acids is 1. The third-order valence-corrected chi connectivity index (χ3v) is 6.27. The van der Waals surface area contributed by atoms with Crippen molar-refractivity contribution in [1.82, 2.24) is 0 Å². The standard InChI is InChI=1S/C24H21N3O5S/c1-3-7-15-10-11-16(24(29)30)13(2)19(15)18-12-17(14-8-5-4-6-9-14)21(25)20(23(26)28)22(18)33(27,31)32/h1,4-6,8-12H,7,25H2,2H3,(H2,26,28)(H,29,30)(H2,27,31,32). The molecule has 0 saturated carbocycles. The molecule has 3 aromatic carbocycles. The number of anilines is 1. The van der Waals surface area contributed by atoms with Crippen molar-refractivity contribution in [2.24, 2.45) is 10.9 Å². The molecule has 3 rings (SSSR count). The van der Waals surface area contributed by atoms with E-state index in [4.69, 9.17) is 23.0 Å². The quantitative estimate of drug-likeness (QED) is 0.324. The summed E-state index contributed by atoms with van der Waals surface area (Å²) in [6.07, 6.45) is 5.57. The van der Waals surface area contributed by atoms with E-state index in [0.29, 0.717) is 16.7 Å². The first kappa shape index (κ1) is 23.5. The summed E-state index contributed by atoms with van der Waals surface area (Å²) >= 11 is 0. The Hall–Kier alpha value is -4.13. The molecule has 7 N–H and O–H groups in total. The Kier molecular flexibility index (Phi) is 6.26. The van der Waals surface area contributed by atoms with Crippen LogP contribution >= 0.6 is 0 Å². The SMILES string of the molecule is C#CCc1ccc(C(=O)O)c(C)c1-c1cc(-c2ccccc2)c(N)c(C(N)=O)c1S(N)(=O)=O. The molecule has 0 radical (unpaired) electrons. The first-order chi connectivity index (χ1) is 15.5. The first-order valence-corrected chi connectivity index (χ1v) is 11.2. The van der Waals surface area contributed by atoms with Crippen LogP contribution in [-0.2, 0) is 16.4 Å². The fourth-order valence-corrected chi connectivity index (χ4v) is 4.86. The number of amides is 1. The largest absolute Gasteiger partial charge is 0.478 e. The van der Waals surface area contributed by atoms with Crippen molar-refractivity contribution in [3.63, 3.8) is 0 Å². The van der Waals surface area contributed by atoms with Gasteiger partial charge in [0.1, 0.15) is 4.90 Å². The Morgan fingerprint density at radius 2 is 1.73 bits per heavy atom. The highest BCUT2D eigenvalue weighted by Gasteiger charge is 2.30. The number of rotatable bonds is 6. The molecule has 0 bridgehead atoms. The van der Waals surface area contributed by atoms with E-state index in [1.807, 2.05) is 0 Å². The van der Waals surface area contributed by atoms with Crippen LogP contribution in [0.15, 0.2) is 53.4 Å². The Morgan fingerprint density at radius 3 is 2.24 bits per heavy atom. The van der Waals surface area contributed by atoms with E-state index in [1.165, 1.54) is 25.1 Å². The molecule has 0 fully saturated rings. The molecule has 0 spiro atoms. The molecular weight excluding hydrogens is 442 g/mol. The number of primary amides is 1. The molecule has 0 aliphatic heterocycles. The molecule has 0 unspecified atom stereocenters. The number of carbonyl (C=O) groups excluding carboxylic acids is 1. The number of aromatic carboxylic acids is 1. The van der Waals surface area contributed by atoms with Crippen molar-refractivity contribution in [3.8, 4) is 34.6 Å². The van der Waals surface area contributed by atoms with Gasteiger partial charge in [-0.15, -0.1) is 12.3 Å². The molecule has 3 aromatic rings. The number of primary sulfonamides is 1. The molecule has 0 atom stereocenters. The minimum absolute atomic E-state index is 0.00907. The van der Waals surface area contributed by atoms with Gasteiger partial charge in [-0.3, -0.25) is 4.79 Å². The van der Waals surface area contributed by atoms with Crippen molar-refractivity contribution in [1.29, 1.82) is 0 Å². The zero-order chi connectivity index (χ0) is 24.5. The van der Waals surface area contributed by atoms with Gasteiger partial charge in [0.25, 0.3) is 5.91 Å². The average Bonchev–Trinajstić information content (AvgIpc) is 2.73. The van der Waals surface area contributed by atoms with Crippen molar-refractivity contribution in [3.05, 3.63) is 70.8 Å². The van der Waals surface area contributed by atoms with Gasteiger partial charge in [-0.25, -0.2) is 18.4 Å². The molecule has 0 aliphatic rings. The summed E-state index contributed by atoms with van der Waals surface area (Å²) in [6, 6.07) is 13.1. The summed E-state index contributed by atoms with van der Waals surface area (Å²) in [7, 11) is -4.54. The molecule has 1 amide bonds. The lowest BCUT2D eigenvalue weighted by Gasteiger charge is -2.21. The number of benzene rings is 3. The molecule has 0 saturated heterocycles. The maximum atomic E-state index is 12.7. The lowest BCUT2D eigenvalue weighted by atomic mass is 9.87. The number of hydrogen-bond acceptors (Lipinski definition) is 5. The Balaban J connectivity index is 2.63. The predicted molar refractivity (Wildman–Crippen MR) is 126 cm³/mol. The number of sulfonamides is 1. The predicted octanol–water partition coefficient (Wildman–Crippen LogP) is 2.53. The van der Waals surface area contributed by atoms with E-state index in [1.54, 1.807) is 30.3 Å². The van der Waals surface area contributed by atoms with Crippen molar-refractivity contribution in [2.75, 3.05) is 5.73 Å². The number of carboxylic acid groups (broad SMARTS) is 1. The minimum Gasteiger partial charge on any atom is -0.478 e. The highest BCUT2D eigenvalue weighted by atomic mass is 32.2. The van der Waals surface area contributed by atoms with Crippen LogP contribution in [0.4, 0.5) is 5.69 Å². The lowest BCUT2D eigenvalue weighted by molar-refractivity contribution is 0.0696. The molecule has 8 nitrogen and oxygen atoms in total. The van der Waals surface area contributed by atoms with Gasteiger partial charge in [0, 0.05) is 17.5 Å². The number of nitrogen functional groups attached to an aromatic ring is 1. The second-order valence-electron chi connectivity index (χ2n) is 7.32. The highest BCUT2D eigenvalue weighted by molar-refractivity contribution is 7.89. The molecule has 0 aliphatic carbocycles. The summed E-state index contributed by atoms with van der Waals surface area (Å²) in [5, 5.41) is 15.1. The fraction of sp³-hybridized carbons (Fsp3) is 0.0833. The van der Waals surface area contributed by atoms with Crippen LogP contribution in [0.3, 0.4) is 0 Å². The van der Waals surface area contributed by atoms with Gasteiger partial charge in [0.05, 0.1) is 16.8 Å². The maximum absolute atomic E-state index is 12.7. The van der Waals surface area contributed by atoms with Gasteiger partial charge in [-0.1, -0.05) is 36.4 Å². The van der Waals surface area contributed by atoms with Gasteiger partial charge in [-0.2, -0.15) is 0 Å². The average molecular weight is 464 g/mol. The number of terminal acetylenes is 1.